The summed E-state index contributed by atoms with van der Waals surface area (Å²) in [6.07, 6.45) is 15.7. The minimum atomic E-state index is 0.645. The SMILES string of the molecule is CN(C1CCCCC1)C(CN)C1CCCCCC1. The van der Waals surface area contributed by atoms with Crippen LogP contribution in [0.3, 0.4) is 0 Å². The van der Waals surface area contributed by atoms with Gasteiger partial charge in [-0.1, -0.05) is 44.9 Å². The number of hydrogen-bond acceptors (Lipinski definition) is 2. The lowest BCUT2D eigenvalue weighted by Crippen LogP contribution is -2.49. The predicted octanol–water partition coefficient (Wildman–Crippen LogP) is 3.55. The first-order valence-electron chi connectivity index (χ1n) is 8.25. The molecule has 0 spiro atoms. The fourth-order valence-corrected chi connectivity index (χ4v) is 4.15. The molecule has 106 valence electrons. The van der Waals surface area contributed by atoms with Crippen molar-refractivity contribution in [2.24, 2.45) is 11.7 Å². The van der Waals surface area contributed by atoms with Gasteiger partial charge >= 0.3 is 0 Å². The standard InChI is InChI=1S/C16H32N2/c1-18(15-11-7-4-8-12-15)16(13-17)14-9-5-2-3-6-10-14/h14-16H,2-13,17H2,1H3. The van der Waals surface area contributed by atoms with Crippen LogP contribution >= 0.6 is 0 Å². The smallest absolute Gasteiger partial charge is 0.0246 e. The van der Waals surface area contributed by atoms with Gasteiger partial charge in [-0.15, -0.1) is 0 Å². The summed E-state index contributed by atoms with van der Waals surface area (Å²) >= 11 is 0. The molecule has 0 radical (unpaired) electrons. The molecule has 0 aromatic heterocycles. The molecule has 2 rings (SSSR count). The molecule has 1 unspecified atom stereocenters. The Morgan fingerprint density at radius 3 is 1.94 bits per heavy atom. The molecule has 2 saturated carbocycles. The average molecular weight is 252 g/mol. The van der Waals surface area contributed by atoms with Crippen molar-refractivity contribution in [3.05, 3.63) is 0 Å². The first kappa shape index (κ1) is 14.3. The zero-order valence-corrected chi connectivity index (χ0v) is 12.2. The molecule has 1 atom stereocenters. The minimum Gasteiger partial charge on any atom is -0.329 e. The molecule has 2 fully saturated rings. The fraction of sp³-hybridized carbons (Fsp3) is 1.00. The van der Waals surface area contributed by atoms with E-state index >= 15 is 0 Å². The quantitative estimate of drug-likeness (QED) is 0.775. The molecule has 0 aliphatic heterocycles. The van der Waals surface area contributed by atoms with Crippen LogP contribution in [0, 0.1) is 5.92 Å². The van der Waals surface area contributed by atoms with Crippen LogP contribution in [0.5, 0.6) is 0 Å². The first-order chi connectivity index (χ1) is 8.83. The Kier molecular flexibility index (Phi) is 5.97. The van der Waals surface area contributed by atoms with E-state index in [0.29, 0.717) is 6.04 Å². The largest absolute Gasteiger partial charge is 0.329 e. The molecule has 0 aromatic rings. The lowest BCUT2D eigenvalue weighted by Gasteiger charge is -2.40. The first-order valence-corrected chi connectivity index (χ1v) is 8.25. The van der Waals surface area contributed by atoms with Gasteiger partial charge in [-0.3, -0.25) is 4.90 Å². The lowest BCUT2D eigenvalue weighted by atomic mass is 9.87. The van der Waals surface area contributed by atoms with Crippen LogP contribution in [0.1, 0.15) is 70.6 Å². The van der Waals surface area contributed by atoms with Gasteiger partial charge in [0.1, 0.15) is 0 Å². The minimum absolute atomic E-state index is 0.645. The van der Waals surface area contributed by atoms with Crippen LogP contribution in [-0.4, -0.2) is 30.6 Å². The Labute approximate surface area is 113 Å². The zero-order chi connectivity index (χ0) is 12.8. The van der Waals surface area contributed by atoms with Crippen LogP contribution in [-0.2, 0) is 0 Å². The molecule has 2 heteroatoms. The van der Waals surface area contributed by atoms with E-state index in [-0.39, 0.29) is 0 Å². The highest BCUT2D eigenvalue weighted by molar-refractivity contribution is 4.85. The molecule has 2 aliphatic carbocycles. The molecule has 0 aromatic carbocycles. The maximum atomic E-state index is 6.12. The molecule has 0 amide bonds. The van der Waals surface area contributed by atoms with Gasteiger partial charge in [0, 0.05) is 18.6 Å². The Morgan fingerprint density at radius 1 is 0.889 bits per heavy atom. The zero-order valence-electron chi connectivity index (χ0n) is 12.2. The van der Waals surface area contributed by atoms with E-state index in [4.69, 9.17) is 5.73 Å². The third kappa shape index (κ3) is 3.71. The van der Waals surface area contributed by atoms with Gasteiger partial charge in [0.25, 0.3) is 0 Å². The highest BCUT2D eigenvalue weighted by Crippen LogP contribution is 2.30. The van der Waals surface area contributed by atoms with Crippen LogP contribution in [0.4, 0.5) is 0 Å². The number of nitrogens with two attached hydrogens (primary N) is 1. The molecule has 0 saturated heterocycles. The molecule has 0 bridgehead atoms. The van der Waals surface area contributed by atoms with Gasteiger partial charge in [0.05, 0.1) is 0 Å². The van der Waals surface area contributed by atoms with Gasteiger partial charge in [-0.2, -0.15) is 0 Å². The van der Waals surface area contributed by atoms with Gasteiger partial charge in [0.15, 0.2) is 0 Å². The van der Waals surface area contributed by atoms with E-state index in [1.807, 2.05) is 0 Å². The fourth-order valence-electron chi connectivity index (χ4n) is 4.15. The van der Waals surface area contributed by atoms with Crippen LogP contribution in [0.25, 0.3) is 0 Å². The summed E-state index contributed by atoms with van der Waals surface area (Å²) in [5, 5.41) is 0. The summed E-state index contributed by atoms with van der Waals surface area (Å²) in [6.45, 7) is 0.859. The topological polar surface area (TPSA) is 29.3 Å². The Hall–Kier alpha value is -0.0800. The van der Waals surface area contributed by atoms with E-state index in [9.17, 15) is 0 Å². The molecule has 2 nitrogen and oxygen atoms in total. The van der Waals surface area contributed by atoms with Crippen LogP contribution in [0.2, 0.25) is 0 Å². The highest BCUT2D eigenvalue weighted by atomic mass is 15.2. The van der Waals surface area contributed by atoms with Gasteiger partial charge in [-0.05, 0) is 38.6 Å². The van der Waals surface area contributed by atoms with Crippen molar-refractivity contribution < 1.29 is 0 Å². The summed E-state index contributed by atoms with van der Waals surface area (Å²) in [6, 6.07) is 1.46. The number of hydrogen-bond donors (Lipinski definition) is 1. The van der Waals surface area contributed by atoms with Crippen LogP contribution < -0.4 is 5.73 Å². The third-order valence-electron chi connectivity index (χ3n) is 5.36. The summed E-state index contributed by atoms with van der Waals surface area (Å²) in [5.41, 5.74) is 6.12. The van der Waals surface area contributed by atoms with Gasteiger partial charge in [0.2, 0.25) is 0 Å². The van der Waals surface area contributed by atoms with Crippen LogP contribution in [0.15, 0.2) is 0 Å². The van der Waals surface area contributed by atoms with Crippen molar-refractivity contribution in [2.45, 2.75) is 82.7 Å². The summed E-state index contributed by atoms with van der Waals surface area (Å²) in [4.78, 5) is 2.66. The Morgan fingerprint density at radius 2 is 1.39 bits per heavy atom. The average Bonchev–Trinajstić information content (AvgIpc) is 2.70. The molecule has 18 heavy (non-hydrogen) atoms. The Bertz CT molecular complexity index is 215. The molecular formula is C16H32N2. The summed E-state index contributed by atoms with van der Waals surface area (Å²) in [7, 11) is 2.35. The third-order valence-corrected chi connectivity index (χ3v) is 5.36. The number of nitrogens with zero attached hydrogens (tertiary/aromatic N) is 1. The Balaban J connectivity index is 1.92. The van der Waals surface area contributed by atoms with E-state index in [2.05, 4.69) is 11.9 Å². The van der Waals surface area contributed by atoms with Crippen molar-refractivity contribution >= 4 is 0 Å². The number of likely N-dealkylation sites (N-methyl/N-ethyl adjacent to an activating group) is 1. The monoisotopic (exact) mass is 252 g/mol. The normalized spacial score (nSPS) is 26.2. The second kappa shape index (κ2) is 7.49. The molecule has 0 heterocycles. The van der Waals surface area contributed by atoms with E-state index < -0.39 is 0 Å². The van der Waals surface area contributed by atoms with Crippen molar-refractivity contribution in [1.82, 2.24) is 4.90 Å². The summed E-state index contributed by atoms with van der Waals surface area (Å²) < 4.78 is 0. The van der Waals surface area contributed by atoms with E-state index in [1.54, 1.807) is 0 Å². The lowest BCUT2D eigenvalue weighted by molar-refractivity contribution is 0.0956. The molecule has 2 aliphatic rings. The maximum absolute atomic E-state index is 6.12. The maximum Gasteiger partial charge on any atom is 0.0246 e. The van der Waals surface area contributed by atoms with Gasteiger partial charge in [-0.25, -0.2) is 0 Å². The van der Waals surface area contributed by atoms with Gasteiger partial charge < -0.3 is 5.73 Å². The summed E-state index contributed by atoms with van der Waals surface area (Å²) in [5.74, 6) is 0.865. The van der Waals surface area contributed by atoms with E-state index in [0.717, 1.165) is 18.5 Å². The predicted molar refractivity (Wildman–Crippen MR) is 78.7 cm³/mol. The molecular weight excluding hydrogens is 220 g/mol. The van der Waals surface area contributed by atoms with Crippen molar-refractivity contribution in [3.63, 3.8) is 0 Å². The second-order valence-electron chi connectivity index (χ2n) is 6.51. The molecule has 2 N–H and O–H groups in total. The van der Waals surface area contributed by atoms with Crippen molar-refractivity contribution in [3.8, 4) is 0 Å². The van der Waals surface area contributed by atoms with Crippen molar-refractivity contribution in [2.75, 3.05) is 13.6 Å². The number of rotatable bonds is 4. The van der Waals surface area contributed by atoms with E-state index in [1.165, 1.54) is 70.6 Å². The second-order valence-corrected chi connectivity index (χ2v) is 6.51. The van der Waals surface area contributed by atoms with Crippen molar-refractivity contribution in [1.29, 1.82) is 0 Å². The highest BCUT2D eigenvalue weighted by Gasteiger charge is 2.29.